The van der Waals surface area contributed by atoms with E-state index in [1.165, 1.54) is 4.31 Å². The molecule has 1 saturated heterocycles. The van der Waals surface area contributed by atoms with Crippen LogP contribution in [0.25, 0.3) is 0 Å². The molecule has 1 fully saturated rings. The van der Waals surface area contributed by atoms with Crippen molar-refractivity contribution >= 4 is 10.0 Å². The lowest BCUT2D eigenvalue weighted by Crippen LogP contribution is -2.50. The Morgan fingerprint density at radius 1 is 1.00 bits per heavy atom. The lowest BCUT2D eigenvalue weighted by molar-refractivity contribution is 0.0569. The van der Waals surface area contributed by atoms with E-state index in [0.29, 0.717) is 37.6 Å². The van der Waals surface area contributed by atoms with E-state index < -0.39 is 16.1 Å². The summed E-state index contributed by atoms with van der Waals surface area (Å²) in [6.07, 6.45) is -0.620. The number of nitrogens with zero attached hydrogens (tertiary/aromatic N) is 2. The first-order chi connectivity index (χ1) is 12.9. The second-order valence-electron chi connectivity index (χ2n) is 6.80. The van der Waals surface area contributed by atoms with Crippen LogP contribution in [0, 0.1) is 6.92 Å². The Bertz CT molecular complexity index is 817. The van der Waals surface area contributed by atoms with Crippen molar-refractivity contribution < 1.29 is 18.3 Å². The molecule has 1 aliphatic rings. The molecule has 27 heavy (non-hydrogen) atoms. The molecule has 2 aromatic carbocycles. The van der Waals surface area contributed by atoms with E-state index in [-0.39, 0.29) is 6.61 Å². The second kappa shape index (κ2) is 8.84. The van der Waals surface area contributed by atoms with Crippen LogP contribution in [0.2, 0.25) is 0 Å². The van der Waals surface area contributed by atoms with Crippen LogP contribution >= 0.6 is 0 Å². The van der Waals surface area contributed by atoms with Gasteiger partial charge < -0.3 is 9.84 Å². The maximum atomic E-state index is 12.7. The van der Waals surface area contributed by atoms with Crippen molar-refractivity contribution in [3.05, 3.63) is 60.2 Å². The molecule has 146 valence electrons. The molecule has 0 bridgehead atoms. The fraction of sp³-hybridized carbons (Fsp3) is 0.400. The third kappa shape index (κ3) is 5.29. The van der Waals surface area contributed by atoms with E-state index in [2.05, 4.69) is 4.90 Å². The molecular weight excluding hydrogens is 364 g/mol. The Morgan fingerprint density at radius 2 is 1.63 bits per heavy atom. The lowest BCUT2D eigenvalue weighted by atomic mass is 10.2. The van der Waals surface area contributed by atoms with E-state index in [4.69, 9.17) is 4.74 Å². The molecule has 0 aromatic heterocycles. The quantitative estimate of drug-likeness (QED) is 0.780. The van der Waals surface area contributed by atoms with Gasteiger partial charge in [0.05, 0.1) is 4.90 Å². The van der Waals surface area contributed by atoms with E-state index >= 15 is 0 Å². The topological polar surface area (TPSA) is 70.1 Å². The van der Waals surface area contributed by atoms with Gasteiger partial charge in [-0.05, 0) is 31.2 Å². The summed E-state index contributed by atoms with van der Waals surface area (Å²) in [4.78, 5) is 2.40. The van der Waals surface area contributed by atoms with Gasteiger partial charge >= 0.3 is 0 Å². The van der Waals surface area contributed by atoms with Crippen LogP contribution < -0.4 is 4.74 Å². The van der Waals surface area contributed by atoms with Gasteiger partial charge in [0.1, 0.15) is 18.5 Å². The van der Waals surface area contributed by atoms with Crippen LogP contribution in [0.15, 0.2) is 59.5 Å². The minimum atomic E-state index is -3.46. The largest absolute Gasteiger partial charge is 0.491 e. The molecular formula is C20H26N2O4S. The van der Waals surface area contributed by atoms with Crippen LogP contribution in [-0.4, -0.2) is 68.2 Å². The van der Waals surface area contributed by atoms with Crippen molar-refractivity contribution in [1.29, 1.82) is 0 Å². The first-order valence-corrected chi connectivity index (χ1v) is 10.5. The van der Waals surface area contributed by atoms with Gasteiger partial charge in [0.15, 0.2) is 0 Å². The predicted octanol–water partition coefficient (Wildman–Crippen LogP) is 1.74. The Morgan fingerprint density at radius 3 is 2.26 bits per heavy atom. The molecule has 1 aliphatic heterocycles. The summed E-state index contributed by atoms with van der Waals surface area (Å²) in [6.45, 7) is 4.63. The number of aliphatic hydroxyl groups excluding tert-OH is 1. The Balaban J connectivity index is 1.47. The van der Waals surface area contributed by atoms with Gasteiger partial charge in [-0.3, -0.25) is 4.90 Å². The van der Waals surface area contributed by atoms with Gasteiger partial charge in [-0.15, -0.1) is 0 Å². The third-order valence-corrected chi connectivity index (χ3v) is 6.56. The van der Waals surface area contributed by atoms with Gasteiger partial charge in [0, 0.05) is 32.7 Å². The molecule has 0 amide bonds. The molecule has 6 nitrogen and oxygen atoms in total. The molecule has 3 rings (SSSR count). The smallest absolute Gasteiger partial charge is 0.243 e. The van der Waals surface area contributed by atoms with Crippen LogP contribution in [-0.2, 0) is 10.0 Å². The number of aliphatic hydroxyl groups is 1. The zero-order chi connectivity index (χ0) is 19.3. The first kappa shape index (κ1) is 19.8. The molecule has 0 radical (unpaired) electrons. The number of β-amino-alcohol motifs (C(OH)–C–C–N with tert-alkyl or cyclic N) is 1. The number of para-hydroxylation sites is 1. The van der Waals surface area contributed by atoms with Crippen molar-refractivity contribution in [3.8, 4) is 5.75 Å². The molecule has 1 heterocycles. The van der Waals surface area contributed by atoms with E-state index in [1.54, 1.807) is 12.1 Å². The summed E-state index contributed by atoms with van der Waals surface area (Å²) in [7, 11) is -3.46. The van der Waals surface area contributed by atoms with Crippen LogP contribution in [0.1, 0.15) is 5.56 Å². The molecule has 1 N–H and O–H groups in total. The van der Waals surface area contributed by atoms with Crippen molar-refractivity contribution in [3.63, 3.8) is 0 Å². The zero-order valence-corrected chi connectivity index (χ0v) is 16.3. The zero-order valence-electron chi connectivity index (χ0n) is 15.5. The first-order valence-electron chi connectivity index (χ1n) is 9.10. The van der Waals surface area contributed by atoms with Gasteiger partial charge in [0.2, 0.25) is 10.0 Å². The highest BCUT2D eigenvalue weighted by Gasteiger charge is 2.29. The van der Waals surface area contributed by atoms with Crippen LogP contribution in [0.4, 0.5) is 0 Å². The number of sulfonamides is 1. The molecule has 0 saturated carbocycles. The Kier molecular flexibility index (Phi) is 6.49. The average molecular weight is 391 g/mol. The highest BCUT2D eigenvalue weighted by atomic mass is 32.2. The molecule has 1 atom stereocenters. The number of ether oxygens (including phenoxy) is 1. The number of piperazine rings is 1. The minimum Gasteiger partial charge on any atom is -0.491 e. The second-order valence-corrected chi connectivity index (χ2v) is 8.73. The predicted molar refractivity (Wildman–Crippen MR) is 104 cm³/mol. The summed E-state index contributed by atoms with van der Waals surface area (Å²) in [5, 5.41) is 10.2. The average Bonchev–Trinajstić information content (AvgIpc) is 2.68. The van der Waals surface area contributed by atoms with Gasteiger partial charge in [-0.25, -0.2) is 8.42 Å². The molecule has 0 aliphatic carbocycles. The van der Waals surface area contributed by atoms with Gasteiger partial charge in [0.25, 0.3) is 0 Å². The Hall–Kier alpha value is -1.93. The minimum absolute atomic E-state index is 0.214. The van der Waals surface area contributed by atoms with Crippen molar-refractivity contribution in [2.45, 2.75) is 17.9 Å². The monoisotopic (exact) mass is 390 g/mol. The molecule has 2 aromatic rings. The SMILES string of the molecule is Cc1ccc(S(=O)(=O)N2CCN(C[C@@H](O)COc3ccccc3)CC2)cc1. The van der Waals surface area contributed by atoms with Crippen LogP contribution in [0.3, 0.4) is 0 Å². The fourth-order valence-corrected chi connectivity index (χ4v) is 4.49. The van der Waals surface area contributed by atoms with E-state index in [0.717, 1.165) is 11.3 Å². The third-order valence-electron chi connectivity index (χ3n) is 4.64. The fourth-order valence-electron chi connectivity index (χ4n) is 3.07. The summed E-state index contributed by atoms with van der Waals surface area (Å²) >= 11 is 0. The number of aryl methyl sites for hydroxylation is 1. The molecule has 0 spiro atoms. The van der Waals surface area contributed by atoms with Crippen LogP contribution in [0.5, 0.6) is 5.75 Å². The highest BCUT2D eigenvalue weighted by Crippen LogP contribution is 2.18. The van der Waals surface area contributed by atoms with Gasteiger partial charge in [-0.2, -0.15) is 4.31 Å². The molecule has 0 unspecified atom stereocenters. The van der Waals surface area contributed by atoms with E-state index in [9.17, 15) is 13.5 Å². The number of benzene rings is 2. The van der Waals surface area contributed by atoms with Crippen molar-refractivity contribution in [2.75, 3.05) is 39.3 Å². The summed E-state index contributed by atoms with van der Waals surface area (Å²) in [5.74, 6) is 0.727. The summed E-state index contributed by atoms with van der Waals surface area (Å²) in [5.41, 5.74) is 1.03. The molecule has 7 heteroatoms. The lowest BCUT2D eigenvalue weighted by Gasteiger charge is -2.34. The van der Waals surface area contributed by atoms with Crippen molar-refractivity contribution in [2.24, 2.45) is 0 Å². The summed E-state index contributed by atoms with van der Waals surface area (Å²) < 4.78 is 32.5. The standard InChI is InChI=1S/C20H26N2O4S/c1-17-7-9-20(10-8-17)27(24,25)22-13-11-21(12-14-22)15-18(23)16-26-19-5-3-2-4-6-19/h2-10,18,23H,11-16H2,1H3/t18-/m1/s1. The number of hydrogen-bond donors (Lipinski definition) is 1. The van der Waals surface area contributed by atoms with Crippen molar-refractivity contribution in [1.82, 2.24) is 9.21 Å². The number of rotatable bonds is 7. The van der Waals surface area contributed by atoms with Gasteiger partial charge in [-0.1, -0.05) is 35.9 Å². The maximum Gasteiger partial charge on any atom is 0.243 e. The van der Waals surface area contributed by atoms with E-state index in [1.807, 2.05) is 49.4 Å². The Labute approximate surface area is 161 Å². The summed E-state index contributed by atoms with van der Waals surface area (Å²) in [6, 6.07) is 16.3. The maximum absolute atomic E-state index is 12.7. The highest BCUT2D eigenvalue weighted by molar-refractivity contribution is 7.89. The number of hydrogen-bond acceptors (Lipinski definition) is 5. The normalized spacial score (nSPS) is 17.6.